The molecule has 1 aromatic rings. The summed E-state index contributed by atoms with van der Waals surface area (Å²) in [6, 6.07) is 5.14. The predicted octanol–water partition coefficient (Wildman–Crippen LogP) is 4.58. The molecule has 0 aliphatic carbocycles. The molecule has 3 heteroatoms. The average molecular weight is 270 g/mol. The topological polar surface area (TPSA) is 3.24 Å². The van der Waals surface area contributed by atoms with E-state index < -0.39 is 0 Å². The van der Waals surface area contributed by atoms with Crippen molar-refractivity contribution in [2.24, 2.45) is 5.41 Å². The van der Waals surface area contributed by atoms with E-state index in [2.05, 4.69) is 18.7 Å². The van der Waals surface area contributed by atoms with Gasteiger partial charge in [0.2, 0.25) is 0 Å². The average Bonchev–Trinajstić information content (AvgIpc) is 2.49. The molecule has 1 aliphatic rings. The zero-order valence-corrected chi connectivity index (χ0v) is 11.9. The van der Waals surface area contributed by atoms with E-state index in [1.165, 1.54) is 18.9 Å². The summed E-state index contributed by atoms with van der Waals surface area (Å²) in [6.07, 6.45) is 3.56. The first kappa shape index (κ1) is 13.7. The SMILES string of the molecule is CC1(C)CCCN(c2cc(F)cc(CCl)c2)CC1. The summed E-state index contributed by atoms with van der Waals surface area (Å²) in [5.74, 6) is 0.177. The van der Waals surface area contributed by atoms with Crippen molar-refractivity contribution in [3.05, 3.63) is 29.6 Å². The summed E-state index contributed by atoms with van der Waals surface area (Å²) in [4.78, 5) is 2.29. The van der Waals surface area contributed by atoms with Gasteiger partial charge in [0.05, 0.1) is 0 Å². The molecule has 0 bridgehead atoms. The number of benzene rings is 1. The number of rotatable bonds is 2. The third-order valence-electron chi connectivity index (χ3n) is 3.80. The molecular weight excluding hydrogens is 249 g/mol. The minimum atomic E-state index is -0.188. The first-order valence-electron chi connectivity index (χ1n) is 6.61. The van der Waals surface area contributed by atoms with Crippen LogP contribution >= 0.6 is 11.6 Å². The van der Waals surface area contributed by atoms with Gasteiger partial charge in [0.25, 0.3) is 0 Å². The minimum Gasteiger partial charge on any atom is -0.371 e. The molecule has 1 nitrogen and oxygen atoms in total. The second kappa shape index (κ2) is 5.48. The number of halogens is 2. The fraction of sp³-hybridized carbons (Fsp3) is 0.600. The molecule has 0 atom stereocenters. The summed E-state index contributed by atoms with van der Waals surface area (Å²) >= 11 is 5.80. The summed E-state index contributed by atoms with van der Waals surface area (Å²) in [5.41, 5.74) is 2.23. The first-order valence-corrected chi connectivity index (χ1v) is 7.14. The fourth-order valence-electron chi connectivity index (χ4n) is 2.57. The van der Waals surface area contributed by atoms with Gasteiger partial charge in [0.1, 0.15) is 5.82 Å². The highest BCUT2D eigenvalue weighted by molar-refractivity contribution is 6.17. The Kier molecular flexibility index (Phi) is 4.16. The third-order valence-corrected chi connectivity index (χ3v) is 4.11. The van der Waals surface area contributed by atoms with Crippen molar-refractivity contribution in [2.75, 3.05) is 18.0 Å². The van der Waals surface area contributed by atoms with E-state index in [4.69, 9.17) is 11.6 Å². The standard InChI is InChI=1S/C15H21ClFN/c1-15(2)4-3-6-18(7-5-15)14-9-12(11-16)8-13(17)10-14/h8-10H,3-7,11H2,1-2H3. The number of hydrogen-bond acceptors (Lipinski definition) is 1. The predicted molar refractivity (Wildman–Crippen MR) is 75.8 cm³/mol. The van der Waals surface area contributed by atoms with Gasteiger partial charge < -0.3 is 4.90 Å². The van der Waals surface area contributed by atoms with Crippen LogP contribution < -0.4 is 4.90 Å². The van der Waals surface area contributed by atoms with Crippen molar-refractivity contribution in [3.63, 3.8) is 0 Å². The zero-order chi connectivity index (χ0) is 13.2. The monoisotopic (exact) mass is 269 g/mol. The lowest BCUT2D eigenvalue weighted by molar-refractivity contribution is 0.325. The van der Waals surface area contributed by atoms with Crippen LogP contribution in [0.5, 0.6) is 0 Å². The smallest absolute Gasteiger partial charge is 0.125 e. The van der Waals surface area contributed by atoms with Crippen LogP contribution in [0.25, 0.3) is 0 Å². The van der Waals surface area contributed by atoms with Crippen LogP contribution in [0, 0.1) is 11.2 Å². The molecule has 1 aromatic carbocycles. The van der Waals surface area contributed by atoms with Crippen LogP contribution in [0.3, 0.4) is 0 Å². The van der Waals surface area contributed by atoms with Crippen LogP contribution in [0.4, 0.5) is 10.1 Å². The normalized spacial score (nSPS) is 19.7. The van der Waals surface area contributed by atoms with Crippen LogP contribution in [-0.4, -0.2) is 13.1 Å². The van der Waals surface area contributed by atoms with E-state index in [0.717, 1.165) is 30.8 Å². The Balaban J connectivity index is 2.18. The van der Waals surface area contributed by atoms with Gasteiger partial charge in [-0.1, -0.05) is 13.8 Å². The fourth-order valence-corrected chi connectivity index (χ4v) is 2.73. The lowest BCUT2D eigenvalue weighted by Crippen LogP contribution is -2.25. The van der Waals surface area contributed by atoms with Crippen LogP contribution in [0.2, 0.25) is 0 Å². The van der Waals surface area contributed by atoms with E-state index in [0.29, 0.717) is 11.3 Å². The summed E-state index contributed by atoms with van der Waals surface area (Å²) in [5, 5.41) is 0. The van der Waals surface area contributed by atoms with Crippen molar-refractivity contribution in [3.8, 4) is 0 Å². The van der Waals surface area contributed by atoms with E-state index in [1.54, 1.807) is 6.07 Å². The lowest BCUT2D eigenvalue weighted by Gasteiger charge is -2.25. The molecule has 0 saturated carbocycles. The third kappa shape index (κ3) is 3.38. The highest BCUT2D eigenvalue weighted by Crippen LogP contribution is 2.32. The molecule has 0 unspecified atom stereocenters. The summed E-state index contributed by atoms with van der Waals surface area (Å²) < 4.78 is 13.5. The number of hydrogen-bond donors (Lipinski definition) is 0. The Bertz CT molecular complexity index is 417. The Morgan fingerprint density at radius 3 is 2.72 bits per heavy atom. The van der Waals surface area contributed by atoms with Gasteiger partial charge in [-0.3, -0.25) is 0 Å². The molecule has 1 aliphatic heterocycles. The molecule has 18 heavy (non-hydrogen) atoms. The lowest BCUT2D eigenvalue weighted by atomic mass is 9.85. The largest absolute Gasteiger partial charge is 0.371 e. The molecule has 0 N–H and O–H groups in total. The Morgan fingerprint density at radius 1 is 1.22 bits per heavy atom. The molecule has 1 fully saturated rings. The molecule has 1 heterocycles. The maximum atomic E-state index is 13.5. The highest BCUT2D eigenvalue weighted by atomic mass is 35.5. The highest BCUT2D eigenvalue weighted by Gasteiger charge is 2.23. The molecule has 2 rings (SSSR count). The Morgan fingerprint density at radius 2 is 2.00 bits per heavy atom. The van der Waals surface area contributed by atoms with Gasteiger partial charge in [0, 0.05) is 24.7 Å². The van der Waals surface area contributed by atoms with Gasteiger partial charge in [-0.15, -0.1) is 11.6 Å². The van der Waals surface area contributed by atoms with Gasteiger partial charge in [-0.2, -0.15) is 0 Å². The number of anilines is 1. The van der Waals surface area contributed by atoms with Crippen molar-refractivity contribution in [2.45, 2.75) is 39.0 Å². The van der Waals surface area contributed by atoms with E-state index in [9.17, 15) is 4.39 Å². The van der Waals surface area contributed by atoms with Crippen LogP contribution in [0.1, 0.15) is 38.7 Å². The summed E-state index contributed by atoms with van der Waals surface area (Å²) in [7, 11) is 0. The van der Waals surface area contributed by atoms with Gasteiger partial charge in [-0.25, -0.2) is 4.39 Å². The quantitative estimate of drug-likeness (QED) is 0.711. The number of nitrogens with zero attached hydrogens (tertiary/aromatic N) is 1. The molecule has 0 amide bonds. The molecule has 0 spiro atoms. The summed E-state index contributed by atoms with van der Waals surface area (Å²) in [6.45, 7) is 6.63. The molecule has 0 aromatic heterocycles. The Hall–Kier alpha value is -0.760. The molecule has 1 saturated heterocycles. The number of alkyl halides is 1. The van der Waals surface area contributed by atoms with Crippen LogP contribution in [0.15, 0.2) is 18.2 Å². The Labute approximate surface area is 114 Å². The van der Waals surface area contributed by atoms with Crippen LogP contribution in [-0.2, 0) is 5.88 Å². The van der Waals surface area contributed by atoms with Gasteiger partial charge in [-0.05, 0) is 48.4 Å². The van der Waals surface area contributed by atoms with Gasteiger partial charge in [0.15, 0.2) is 0 Å². The van der Waals surface area contributed by atoms with Crippen molar-refractivity contribution >= 4 is 17.3 Å². The van der Waals surface area contributed by atoms with E-state index in [1.807, 2.05) is 6.07 Å². The van der Waals surface area contributed by atoms with Crippen molar-refractivity contribution < 1.29 is 4.39 Å². The molecule has 0 radical (unpaired) electrons. The van der Waals surface area contributed by atoms with E-state index in [-0.39, 0.29) is 5.82 Å². The molecule has 100 valence electrons. The van der Waals surface area contributed by atoms with Gasteiger partial charge >= 0.3 is 0 Å². The second-order valence-electron chi connectivity index (χ2n) is 5.96. The van der Waals surface area contributed by atoms with Crippen molar-refractivity contribution in [1.82, 2.24) is 0 Å². The second-order valence-corrected chi connectivity index (χ2v) is 6.22. The minimum absolute atomic E-state index is 0.188. The maximum Gasteiger partial charge on any atom is 0.125 e. The zero-order valence-electron chi connectivity index (χ0n) is 11.2. The van der Waals surface area contributed by atoms with Crippen molar-refractivity contribution in [1.29, 1.82) is 0 Å². The molecular formula is C15H21ClFN. The van der Waals surface area contributed by atoms with E-state index >= 15 is 0 Å². The maximum absolute atomic E-state index is 13.5. The first-order chi connectivity index (χ1) is 8.50.